The Kier molecular flexibility index (Phi) is 7.87. The van der Waals surface area contributed by atoms with Gasteiger partial charge in [-0.2, -0.15) is 0 Å². The van der Waals surface area contributed by atoms with Crippen molar-refractivity contribution in [2.45, 2.75) is 96.6 Å². The number of ether oxygens (including phenoxy) is 1. The van der Waals surface area contributed by atoms with Crippen molar-refractivity contribution in [3.05, 3.63) is 35.4 Å². The standard InChI is InChI=1S/C26H44O3Si/c1-19(2)26(3,4)30(5,6)28-17-9-12-20-10-7-8-11-21(20)13-14-22-23(18-27)25-16-15-24(22)29-25/h7-8,10-11,19,22-25,27H,9,12-18H2,1-6H3/t22-,23+,24+,25-/m1/s1. The summed E-state index contributed by atoms with van der Waals surface area (Å²) in [6, 6.07) is 8.91. The molecule has 170 valence electrons. The van der Waals surface area contributed by atoms with Gasteiger partial charge in [0.1, 0.15) is 0 Å². The molecule has 0 amide bonds. The van der Waals surface area contributed by atoms with Crippen LogP contribution in [0.15, 0.2) is 24.3 Å². The van der Waals surface area contributed by atoms with Gasteiger partial charge in [-0.25, -0.2) is 0 Å². The molecule has 0 aromatic heterocycles. The van der Waals surface area contributed by atoms with Crippen molar-refractivity contribution in [1.29, 1.82) is 0 Å². The van der Waals surface area contributed by atoms with Crippen molar-refractivity contribution >= 4 is 8.32 Å². The fraction of sp³-hybridized carbons (Fsp3) is 0.769. The highest BCUT2D eigenvalue weighted by Crippen LogP contribution is 2.46. The van der Waals surface area contributed by atoms with Crippen LogP contribution in [0.5, 0.6) is 0 Å². The average molecular weight is 433 g/mol. The number of rotatable bonds is 11. The zero-order valence-corrected chi connectivity index (χ0v) is 21.1. The van der Waals surface area contributed by atoms with Gasteiger partial charge in [0.05, 0.1) is 12.2 Å². The van der Waals surface area contributed by atoms with E-state index in [1.165, 1.54) is 17.5 Å². The van der Waals surface area contributed by atoms with Gasteiger partial charge in [0.15, 0.2) is 8.32 Å². The van der Waals surface area contributed by atoms with Crippen LogP contribution in [0.3, 0.4) is 0 Å². The zero-order valence-electron chi connectivity index (χ0n) is 20.1. The second kappa shape index (κ2) is 9.85. The van der Waals surface area contributed by atoms with Crippen LogP contribution in [0.1, 0.15) is 64.5 Å². The first kappa shape index (κ1) is 24.0. The van der Waals surface area contributed by atoms with Crippen LogP contribution in [0.2, 0.25) is 18.1 Å². The molecular weight excluding hydrogens is 388 g/mol. The number of aliphatic hydroxyl groups is 1. The molecule has 1 aromatic carbocycles. The minimum absolute atomic E-state index is 0.275. The molecule has 4 heteroatoms. The summed E-state index contributed by atoms with van der Waals surface area (Å²) in [6.45, 7) is 15.3. The lowest BCUT2D eigenvalue weighted by Crippen LogP contribution is -2.45. The molecule has 30 heavy (non-hydrogen) atoms. The van der Waals surface area contributed by atoms with Crippen molar-refractivity contribution in [3.63, 3.8) is 0 Å². The SMILES string of the molecule is CC(C)C(C)(C)[Si](C)(C)OCCCc1ccccc1CC[C@@H]1[C@H](CO)[C@H]2CC[C@@H]1O2. The second-order valence-electron chi connectivity index (χ2n) is 10.9. The smallest absolute Gasteiger partial charge is 0.192 e. The van der Waals surface area contributed by atoms with Crippen molar-refractivity contribution < 1.29 is 14.3 Å². The van der Waals surface area contributed by atoms with E-state index in [0.717, 1.165) is 38.7 Å². The Morgan fingerprint density at radius 1 is 1.07 bits per heavy atom. The van der Waals surface area contributed by atoms with Gasteiger partial charge in [0.2, 0.25) is 0 Å². The summed E-state index contributed by atoms with van der Waals surface area (Å²) in [4.78, 5) is 0. The molecule has 2 fully saturated rings. The first-order chi connectivity index (χ1) is 14.2. The van der Waals surface area contributed by atoms with Crippen LogP contribution in [0.4, 0.5) is 0 Å². The van der Waals surface area contributed by atoms with Crippen molar-refractivity contribution in [1.82, 2.24) is 0 Å². The summed E-state index contributed by atoms with van der Waals surface area (Å²) < 4.78 is 12.6. The normalized spacial score (nSPS) is 26.7. The number of aryl methyl sites for hydroxylation is 2. The third-order valence-corrected chi connectivity index (χ3v) is 13.3. The molecule has 0 aliphatic carbocycles. The van der Waals surface area contributed by atoms with E-state index in [0.29, 0.717) is 30.0 Å². The van der Waals surface area contributed by atoms with Crippen LogP contribution in [-0.2, 0) is 22.0 Å². The number of hydrogen-bond donors (Lipinski definition) is 1. The summed E-state index contributed by atoms with van der Waals surface area (Å²) in [5.41, 5.74) is 2.93. The maximum absolute atomic E-state index is 9.82. The number of fused-ring (bicyclic) bond motifs is 2. The molecular formula is C26H44O3Si. The summed E-state index contributed by atoms with van der Waals surface area (Å²) in [5, 5.41) is 10.1. The van der Waals surface area contributed by atoms with Crippen LogP contribution in [0, 0.1) is 17.8 Å². The highest BCUT2D eigenvalue weighted by atomic mass is 28.4. The van der Waals surface area contributed by atoms with Crippen LogP contribution >= 0.6 is 0 Å². The van der Waals surface area contributed by atoms with Crippen molar-refractivity contribution in [3.8, 4) is 0 Å². The summed E-state index contributed by atoms with van der Waals surface area (Å²) >= 11 is 0. The number of benzene rings is 1. The third-order valence-electron chi connectivity index (χ3n) is 8.71. The van der Waals surface area contributed by atoms with Gasteiger partial charge in [-0.05, 0) is 79.6 Å². The Bertz CT molecular complexity index is 685. The molecule has 2 bridgehead atoms. The summed E-state index contributed by atoms with van der Waals surface area (Å²) in [6.07, 6.45) is 7.38. The molecule has 4 atom stereocenters. The highest BCUT2D eigenvalue weighted by Gasteiger charge is 2.48. The largest absolute Gasteiger partial charge is 0.417 e. The Balaban J connectivity index is 1.51. The van der Waals surface area contributed by atoms with E-state index in [1.807, 2.05) is 0 Å². The molecule has 2 saturated heterocycles. The summed E-state index contributed by atoms with van der Waals surface area (Å²) in [5.74, 6) is 1.51. The monoisotopic (exact) mass is 432 g/mol. The Labute approximate surface area is 185 Å². The molecule has 2 aliphatic heterocycles. The lowest BCUT2D eigenvalue weighted by Gasteiger charge is -2.42. The molecule has 0 saturated carbocycles. The Morgan fingerprint density at radius 2 is 1.67 bits per heavy atom. The van der Waals surface area contributed by atoms with E-state index in [-0.39, 0.29) is 11.6 Å². The van der Waals surface area contributed by atoms with Crippen molar-refractivity contribution in [2.75, 3.05) is 13.2 Å². The van der Waals surface area contributed by atoms with E-state index in [1.54, 1.807) is 0 Å². The maximum Gasteiger partial charge on any atom is 0.192 e. The van der Waals surface area contributed by atoms with Crippen LogP contribution in [-0.4, -0.2) is 38.8 Å². The minimum atomic E-state index is -1.74. The highest BCUT2D eigenvalue weighted by molar-refractivity contribution is 6.74. The molecule has 3 nitrogen and oxygen atoms in total. The predicted molar refractivity (Wildman–Crippen MR) is 127 cm³/mol. The van der Waals surface area contributed by atoms with Gasteiger partial charge in [-0.3, -0.25) is 0 Å². The average Bonchev–Trinajstić information content (AvgIpc) is 3.31. The lowest BCUT2D eigenvalue weighted by molar-refractivity contribution is 0.0785. The zero-order chi connectivity index (χ0) is 21.9. The number of hydrogen-bond acceptors (Lipinski definition) is 3. The van der Waals surface area contributed by atoms with Crippen molar-refractivity contribution in [2.24, 2.45) is 17.8 Å². The van der Waals surface area contributed by atoms with Gasteiger partial charge < -0.3 is 14.3 Å². The summed E-state index contributed by atoms with van der Waals surface area (Å²) in [7, 11) is -1.74. The predicted octanol–water partition coefficient (Wildman–Crippen LogP) is 6.00. The molecule has 1 aromatic rings. The van der Waals surface area contributed by atoms with Crippen LogP contribution < -0.4 is 0 Å². The molecule has 0 spiro atoms. The van der Waals surface area contributed by atoms with Gasteiger partial charge in [0, 0.05) is 19.1 Å². The minimum Gasteiger partial charge on any atom is -0.417 e. The quantitative estimate of drug-likeness (QED) is 0.344. The fourth-order valence-corrected chi connectivity index (χ4v) is 7.78. The van der Waals surface area contributed by atoms with Crippen LogP contribution in [0.25, 0.3) is 0 Å². The van der Waals surface area contributed by atoms with Gasteiger partial charge in [0.25, 0.3) is 0 Å². The molecule has 1 N–H and O–H groups in total. The fourth-order valence-electron chi connectivity index (χ4n) is 5.36. The van der Waals surface area contributed by atoms with E-state index < -0.39 is 8.32 Å². The van der Waals surface area contributed by atoms with E-state index in [2.05, 4.69) is 65.1 Å². The first-order valence-electron chi connectivity index (χ1n) is 12.1. The molecule has 2 aliphatic rings. The van der Waals surface area contributed by atoms with Gasteiger partial charge in [-0.1, -0.05) is 52.0 Å². The Hall–Kier alpha value is -0.683. The third kappa shape index (κ3) is 5.03. The van der Waals surface area contributed by atoms with Gasteiger partial charge in [-0.15, -0.1) is 0 Å². The topological polar surface area (TPSA) is 38.7 Å². The van der Waals surface area contributed by atoms with E-state index >= 15 is 0 Å². The molecule has 0 radical (unpaired) electrons. The molecule has 3 rings (SSSR count). The number of aliphatic hydroxyl groups excluding tert-OH is 1. The second-order valence-corrected chi connectivity index (χ2v) is 15.5. The molecule has 0 unspecified atom stereocenters. The maximum atomic E-state index is 9.82. The lowest BCUT2D eigenvalue weighted by atomic mass is 9.76. The Morgan fingerprint density at radius 3 is 2.27 bits per heavy atom. The first-order valence-corrected chi connectivity index (χ1v) is 15.0. The van der Waals surface area contributed by atoms with Gasteiger partial charge >= 0.3 is 0 Å². The van der Waals surface area contributed by atoms with E-state index in [9.17, 15) is 5.11 Å². The van der Waals surface area contributed by atoms with E-state index in [4.69, 9.17) is 9.16 Å². The molecule has 2 heterocycles.